The molecule has 0 radical (unpaired) electrons. The zero-order valence-corrected chi connectivity index (χ0v) is 15.7. The molecule has 0 atom stereocenters. The molecule has 4 rings (SSSR count). The zero-order valence-electron chi connectivity index (χ0n) is 14.9. The quantitative estimate of drug-likeness (QED) is 0.721. The normalized spacial score (nSPS) is 15.1. The van der Waals surface area contributed by atoms with Crippen molar-refractivity contribution in [2.45, 2.75) is 38.0 Å². The first kappa shape index (κ1) is 17.8. The molecule has 1 saturated carbocycles. The highest BCUT2D eigenvalue weighted by Crippen LogP contribution is 2.32. The third kappa shape index (κ3) is 3.77. The molecule has 1 aromatic carbocycles. The van der Waals surface area contributed by atoms with Crippen LogP contribution in [-0.4, -0.2) is 27.0 Å². The average molecular weight is 383 g/mol. The molecule has 0 saturated heterocycles. The lowest BCUT2D eigenvalue weighted by Gasteiger charge is -2.20. The van der Waals surface area contributed by atoms with Crippen LogP contribution in [0.15, 0.2) is 35.1 Å². The zero-order chi connectivity index (χ0) is 18.8. The Morgan fingerprint density at radius 3 is 2.85 bits per heavy atom. The predicted molar refractivity (Wildman–Crippen MR) is 106 cm³/mol. The topological polar surface area (TPSA) is 102 Å². The van der Waals surface area contributed by atoms with Gasteiger partial charge in [-0.2, -0.15) is 9.61 Å². The summed E-state index contributed by atoms with van der Waals surface area (Å²) >= 11 is 1.38. The number of carbonyl (C=O) groups excluding carboxylic acids is 1. The van der Waals surface area contributed by atoms with Gasteiger partial charge in [-0.25, -0.2) is 4.98 Å². The summed E-state index contributed by atoms with van der Waals surface area (Å²) < 4.78 is 1.36. The molecule has 1 aliphatic rings. The van der Waals surface area contributed by atoms with Crippen LogP contribution < -0.4 is 16.6 Å². The molecule has 7 nitrogen and oxygen atoms in total. The largest absolute Gasteiger partial charge is 0.325 e. The second-order valence-electron chi connectivity index (χ2n) is 6.79. The van der Waals surface area contributed by atoms with Crippen LogP contribution in [0.3, 0.4) is 0 Å². The molecule has 140 valence electrons. The summed E-state index contributed by atoms with van der Waals surface area (Å²) in [6.07, 6.45) is 5.84. The molecule has 2 aromatic heterocycles. The van der Waals surface area contributed by atoms with Gasteiger partial charge in [-0.1, -0.05) is 42.7 Å². The number of rotatable bonds is 4. The summed E-state index contributed by atoms with van der Waals surface area (Å²) in [4.78, 5) is 29.4. The van der Waals surface area contributed by atoms with Gasteiger partial charge in [-0.15, -0.1) is 0 Å². The van der Waals surface area contributed by atoms with Crippen LogP contribution in [-0.2, 0) is 4.79 Å². The van der Waals surface area contributed by atoms with Crippen molar-refractivity contribution in [2.24, 2.45) is 5.73 Å². The maximum atomic E-state index is 12.5. The number of anilines is 1. The van der Waals surface area contributed by atoms with Crippen molar-refractivity contribution in [3.63, 3.8) is 0 Å². The van der Waals surface area contributed by atoms with E-state index in [1.165, 1.54) is 35.1 Å². The third-order valence-electron chi connectivity index (χ3n) is 4.87. The Bertz CT molecular complexity index is 1040. The van der Waals surface area contributed by atoms with E-state index in [0.29, 0.717) is 21.6 Å². The van der Waals surface area contributed by atoms with Gasteiger partial charge in [-0.3, -0.25) is 9.59 Å². The molecule has 2 heterocycles. The van der Waals surface area contributed by atoms with E-state index in [9.17, 15) is 9.59 Å². The second kappa shape index (κ2) is 7.58. The summed E-state index contributed by atoms with van der Waals surface area (Å²) in [7, 11) is 0. The molecule has 1 amide bonds. The molecule has 3 N–H and O–H groups in total. The highest BCUT2D eigenvalue weighted by atomic mass is 32.1. The number of hydrogen-bond donors (Lipinski definition) is 2. The Morgan fingerprint density at radius 2 is 2.07 bits per heavy atom. The van der Waals surface area contributed by atoms with Gasteiger partial charge >= 0.3 is 0 Å². The minimum atomic E-state index is -0.258. The Kier molecular flexibility index (Phi) is 5.00. The first-order chi connectivity index (χ1) is 13.1. The standard InChI is InChI=1S/C19H21N5O2S/c20-11-16(25)21-14-8-4-7-13(9-14)18-23-24-17(26)10-15(22-19(24)27-18)12-5-2-1-3-6-12/h4,7-10,12H,1-3,5-6,11,20H2,(H,21,25). The van der Waals surface area contributed by atoms with Crippen LogP contribution in [0, 0.1) is 0 Å². The summed E-state index contributed by atoms with van der Waals surface area (Å²) in [6.45, 7) is -0.0748. The Balaban J connectivity index is 1.69. The smallest absolute Gasteiger partial charge is 0.275 e. The second-order valence-corrected chi connectivity index (χ2v) is 7.74. The van der Waals surface area contributed by atoms with E-state index >= 15 is 0 Å². The lowest BCUT2D eigenvalue weighted by Crippen LogP contribution is -2.21. The van der Waals surface area contributed by atoms with E-state index in [1.54, 1.807) is 12.1 Å². The highest BCUT2D eigenvalue weighted by Gasteiger charge is 2.19. The fourth-order valence-electron chi connectivity index (χ4n) is 3.49. The lowest BCUT2D eigenvalue weighted by atomic mass is 9.87. The number of amides is 1. The fourth-order valence-corrected chi connectivity index (χ4v) is 4.40. The number of nitrogens with two attached hydrogens (primary N) is 1. The van der Waals surface area contributed by atoms with E-state index in [2.05, 4.69) is 10.4 Å². The molecule has 0 spiro atoms. The van der Waals surface area contributed by atoms with E-state index in [0.717, 1.165) is 24.1 Å². The first-order valence-electron chi connectivity index (χ1n) is 9.15. The summed E-state index contributed by atoms with van der Waals surface area (Å²) in [5, 5.41) is 7.84. The number of benzene rings is 1. The fraction of sp³-hybridized carbons (Fsp3) is 0.368. The number of aromatic nitrogens is 3. The minimum Gasteiger partial charge on any atom is -0.325 e. The van der Waals surface area contributed by atoms with E-state index in [1.807, 2.05) is 18.2 Å². The molecule has 8 heteroatoms. The Labute approximate surface area is 160 Å². The van der Waals surface area contributed by atoms with E-state index in [4.69, 9.17) is 10.7 Å². The van der Waals surface area contributed by atoms with Crippen LogP contribution in [0.1, 0.15) is 43.7 Å². The summed E-state index contributed by atoms with van der Waals surface area (Å²) in [5.41, 5.74) is 7.55. The van der Waals surface area contributed by atoms with Gasteiger partial charge in [0, 0.05) is 23.2 Å². The van der Waals surface area contributed by atoms with Crippen LogP contribution in [0.2, 0.25) is 0 Å². The third-order valence-corrected chi connectivity index (χ3v) is 5.82. The van der Waals surface area contributed by atoms with E-state index < -0.39 is 0 Å². The first-order valence-corrected chi connectivity index (χ1v) is 9.97. The Morgan fingerprint density at radius 1 is 1.26 bits per heavy atom. The highest BCUT2D eigenvalue weighted by molar-refractivity contribution is 7.19. The van der Waals surface area contributed by atoms with Crippen molar-refractivity contribution in [2.75, 3.05) is 11.9 Å². The van der Waals surface area contributed by atoms with Crippen molar-refractivity contribution < 1.29 is 4.79 Å². The summed E-state index contributed by atoms with van der Waals surface area (Å²) in [5.74, 6) is 0.114. The molecule has 3 aromatic rings. The van der Waals surface area contributed by atoms with Crippen molar-refractivity contribution in [1.82, 2.24) is 14.6 Å². The van der Waals surface area contributed by atoms with Gasteiger partial charge in [0.25, 0.3) is 5.56 Å². The Hall–Kier alpha value is -2.58. The molecule has 0 unspecified atom stereocenters. The molecule has 0 aliphatic heterocycles. The van der Waals surface area contributed by atoms with Gasteiger partial charge in [0.05, 0.1) is 12.2 Å². The van der Waals surface area contributed by atoms with Gasteiger partial charge in [0.1, 0.15) is 5.01 Å². The number of carbonyl (C=O) groups is 1. The van der Waals surface area contributed by atoms with Crippen LogP contribution >= 0.6 is 11.3 Å². The van der Waals surface area contributed by atoms with Crippen molar-refractivity contribution in [3.8, 4) is 10.6 Å². The van der Waals surface area contributed by atoms with Crippen LogP contribution in [0.4, 0.5) is 5.69 Å². The van der Waals surface area contributed by atoms with Gasteiger partial charge in [0.15, 0.2) is 0 Å². The number of fused-ring (bicyclic) bond motifs is 1. The van der Waals surface area contributed by atoms with Crippen molar-refractivity contribution in [1.29, 1.82) is 0 Å². The van der Waals surface area contributed by atoms with Gasteiger partial charge in [-0.05, 0) is 25.0 Å². The van der Waals surface area contributed by atoms with Crippen LogP contribution in [0.25, 0.3) is 15.5 Å². The predicted octanol–water partition coefficient (Wildman–Crippen LogP) is 2.76. The maximum absolute atomic E-state index is 12.5. The number of nitrogens with one attached hydrogen (secondary N) is 1. The lowest BCUT2D eigenvalue weighted by molar-refractivity contribution is -0.114. The minimum absolute atomic E-state index is 0.0748. The molecular formula is C19H21N5O2S. The molecule has 27 heavy (non-hydrogen) atoms. The van der Waals surface area contributed by atoms with Gasteiger partial charge in [0.2, 0.25) is 10.9 Å². The van der Waals surface area contributed by atoms with Crippen molar-refractivity contribution >= 4 is 27.9 Å². The SMILES string of the molecule is NCC(=O)Nc1cccc(-c2nn3c(=O)cc(C4CCCCC4)nc3s2)c1. The van der Waals surface area contributed by atoms with Gasteiger partial charge < -0.3 is 11.1 Å². The number of nitrogens with zero attached hydrogens (tertiary/aromatic N) is 3. The van der Waals surface area contributed by atoms with Crippen molar-refractivity contribution in [3.05, 3.63) is 46.4 Å². The number of hydrogen-bond acceptors (Lipinski definition) is 6. The summed E-state index contributed by atoms with van der Waals surface area (Å²) in [6, 6.07) is 8.96. The maximum Gasteiger partial charge on any atom is 0.275 e. The monoisotopic (exact) mass is 383 g/mol. The molecule has 1 fully saturated rings. The average Bonchev–Trinajstić information content (AvgIpc) is 3.14. The molecule has 0 bridgehead atoms. The molecule has 1 aliphatic carbocycles. The molecular weight excluding hydrogens is 362 g/mol. The van der Waals surface area contributed by atoms with Crippen LogP contribution in [0.5, 0.6) is 0 Å². The van der Waals surface area contributed by atoms with E-state index in [-0.39, 0.29) is 18.0 Å².